The van der Waals surface area contributed by atoms with Crippen molar-refractivity contribution in [3.05, 3.63) is 48.0 Å². The predicted octanol–water partition coefficient (Wildman–Crippen LogP) is 2.95. The van der Waals surface area contributed by atoms with Crippen molar-refractivity contribution >= 4 is 29.0 Å². The van der Waals surface area contributed by atoms with Crippen LogP contribution >= 0.6 is 11.8 Å². The average Bonchev–Trinajstić information content (AvgIpc) is 2.90. The first-order valence-corrected chi connectivity index (χ1v) is 7.23. The zero-order valence-corrected chi connectivity index (χ0v) is 11.8. The number of phenols is 1. The molecular formula is C15H14N2O2S. The highest BCUT2D eigenvalue weighted by Gasteiger charge is 2.23. The molecule has 0 bridgehead atoms. The second kappa shape index (κ2) is 5.09. The first-order valence-electron chi connectivity index (χ1n) is 6.25. The predicted molar refractivity (Wildman–Crippen MR) is 80.8 cm³/mol. The van der Waals surface area contributed by atoms with Crippen molar-refractivity contribution in [3.8, 4) is 5.75 Å². The highest BCUT2D eigenvalue weighted by molar-refractivity contribution is 7.99. The number of hydrogen-bond acceptors (Lipinski definition) is 4. The summed E-state index contributed by atoms with van der Waals surface area (Å²) < 4.78 is 0. The van der Waals surface area contributed by atoms with Gasteiger partial charge in [-0.15, -0.1) is 11.8 Å². The Kier molecular flexibility index (Phi) is 3.28. The molecule has 0 saturated carbocycles. The topological polar surface area (TPSA) is 52.6 Å². The molecule has 1 heterocycles. The van der Waals surface area contributed by atoms with Gasteiger partial charge in [-0.25, -0.2) is 0 Å². The minimum atomic E-state index is -0.0885. The molecule has 0 aromatic heterocycles. The number of para-hydroxylation sites is 2. The van der Waals surface area contributed by atoms with Crippen LogP contribution in [0.1, 0.15) is 10.4 Å². The lowest BCUT2D eigenvalue weighted by atomic mass is 10.1. The van der Waals surface area contributed by atoms with E-state index in [9.17, 15) is 9.90 Å². The molecule has 3 rings (SSSR count). The van der Waals surface area contributed by atoms with E-state index in [1.807, 2.05) is 29.2 Å². The fourth-order valence-corrected chi connectivity index (χ4v) is 3.32. The molecule has 20 heavy (non-hydrogen) atoms. The molecule has 0 fully saturated rings. The normalized spacial score (nSPS) is 13.2. The lowest BCUT2D eigenvalue weighted by Gasteiger charge is -2.19. The molecule has 0 spiro atoms. The number of carbonyl (C=O) groups is 1. The molecule has 0 unspecified atom stereocenters. The van der Waals surface area contributed by atoms with Gasteiger partial charge < -0.3 is 15.3 Å². The van der Waals surface area contributed by atoms with Gasteiger partial charge in [0.25, 0.3) is 5.91 Å². The molecule has 0 saturated heterocycles. The number of nitrogens with zero attached hydrogens (tertiary/aromatic N) is 1. The maximum atomic E-state index is 11.6. The SMILES string of the molecule is CNC(=O)c1ccc2c(c1)SCN2c1ccccc1O. The second-order valence-corrected chi connectivity index (χ2v) is 5.44. The van der Waals surface area contributed by atoms with E-state index in [4.69, 9.17) is 0 Å². The summed E-state index contributed by atoms with van der Waals surface area (Å²) in [5.41, 5.74) is 2.45. The summed E-state index contributed by atoms with van der Waals surface area (Å²) in [6.45, 7) is 0. The van der Waals surface area contributed by atoms with Gasteiger partial charge in [0.15, 0.2) is 0 Å². The third-order valence-corrected chi connectivity index (χ3v) is 4.29. The van der Waals surface area contributed by atoms with Gasteiger partial charge in [0.05, 0.1) is 17.3 Å². The molecule has 0 aliphatic carbocycles. The van der Waals surface area contributed by atoms with E-state index in [2.05, 4.69) is 5.32 Å². The van der Waals surface area contributed by atoms with Crippen molar-refractivity contribution in [3.63, 3.8) is 0 Å². The van der Waals surface area contributed by atoms with Gasteiger partial charge in [-0.2, -0.15) is 0 Å². The first kappa shape index (κ1) is 12.9. The Labute approximate surface area is 121 Å². The van der Waals surface area contributed by atoms with Crippen molar-refractivity contribution in [2.24, 2.45) is 0 Å². The number of phenolic OH excluding ortho intramolecular Hbond substituents is 1. The van der Waals surface area contributed by atoms with Crippen LogP contribution in [0.15, 0.2) is 47.4 Å². The highest BCUT2D eigenvalue weighted by Crippen LogP contribution is 2.45. The molecule has 5 heteroatoms. The zero-order valence-electron chi connectivity index (χ0n) is 11.0. The van der Waals surface area contributed by atoms with Crippen LogP contribution in [0.5, 0.6) is 5.75 Å². The van der Waals surface area contributed by atoms with Crippen LogP contribution in [-0.2, 0) is 0 Å². The minimum Gasteiger partial charge on any atom is -0.506 e. The smallest absolute Gasteiger partial charge is 0.251 e. The van der Waals surface area contributed by atoms with E-state index < -0.39 is 0 Å². The lowest BCUT2D eigenvalue weighted by Crippen LogP contribution is -2.17. The third-order valence-electron chi connectivity index (χ3n) is 3.26. The number of aromatic hydroxyl groups is 1. The Morgan fingerprint density at radius 2 is 2.05 bits per heavy atom. The fourth-order valence-electron chi connectivity index (χ4n) is 2.23. The van der Waals surface area contributed by atoms with Gasteiger partial charge in [0.2, 0.25) is 0 Å². The van der Waals surface area contributed by atoms with E-state index in [0.717, 1.165) is 22.1 Å². The van der Waals surface area contributed by atoms with Crippen LogP contribution in [0.2, 0.25) is 0 Å². The number of thioether (sulfide) groups is 1. The monoisotopic (exact) mass is 286 g/mol. The fraction of sp³-hybridized carbons (Fsp3) is 0.133. The van der Waals surface area contributed by atoms with Gasteiger partial charge in [-0.05, 0) is 30.3 Å². The van der Waals surface area contributed by atoms with E-state index in [1.165, 1.54) is 0 Å². The van der Waals surface area contributed by atoms with Gasteiger partial charge in [0, 0.05) is 17.5 Å². The quantitative estimate of drug-likeness (QED) is 0.891. The van der Waals surface area contributed by atoms with Gasteiger partial charge in [0.1, 0.15) is 5.75 Å². The molecule has 0 atom stereocenters. The summed E-state index contributed by atoms with van der Waals surface area (Å²) >= 11 is 1.66. The van der Waals surface area contributed by atoms with Crippen LogP contribution in [0.25, 0.3) is 0 Å². The van der Waals surface area contributed by atoms with E-state index >= 15 is 0 Å². The van der Waals surface area contributed by atoms with E-state index in [1.54, 1.807) is 37.0 Å². The van der Waals surface area contributed by atoms with Crippen LogP contribution in [-0.4, -0.2) is 23.9 Å². The van der Waals surface area contributed by atoms with Crippen molar-refractivity contribution in [1.29, 1.82) is 0 Å². The summed E-state index contributed by atoms with van der Waals surface area (Å²) in [7, 11) is 1.62. The molecule has 1 aliphatic heterocycles. The van der Waals surface area contributed by atoms with Crippen LogP contribution < -0.4 is 10.2 Å². The number of rotatable bonds is 2. The molecule has 2 aromatic rings. The van der Waals surface area contributed by atoms with E-state index in [-0.39, 0.29) is 11.7 Å². The van der Waals surface area contributed by atoms with Gasteiger partial charge in [-0.1, -0.05) is 12.1 Å². The number of anilines is 2. The number of nitrogens with one attached hydrogen (secondary N) is 1. The molecular weight excluding hydrogens is 272 g/mol. The Morgan fingerprint density at radius 3 is 2.80 bits per heavy atom. The molecule has 1 amide bonds. The second-order valence-electron chi connectivity index (χ2n) is 4.45. The Hall–Kier alpha value is -2.14. The summed E-state index contributed by atoms with van der Waals surface area (Å²) in [5, 5.41) is 12.6. The Balaban J connectivity index is 1.99. The van der Waals surface area contributed by atoms with Crippen LogP contribution in [0.3, 0.4) is 0 Å². The first-order chi connectivity index (χ1) is 9.70. The summed E-state index contributed by atoms with van der Waals surface area (Å²) in [5.74, 6) is 0.898. The van der Waals surface area contributed by atoms with Crippen LogP contribution in [0.4, 0.5) is 11.4 Å². The number of carbonyl (C=O) groups excluding carboxylic acids is 1. The molecule has 4 nitrogen and oxygen atoms in total. The Morgan fingerprint density at radius 1 is 1.25 bits per heavy atom. The van der Waals surface area contributed by atoms with Crippen molar-refractivity contribution < 1.29 is 9.90 Å². The number of hydrogen-bond donors (Lipinski definition) is 2. The maximum absolute atomic E-state index is 11.6. The summed E-state index contributed by atoms with van der Waals surface area (Å²) in [4.78, 5) is 14.7. The van der Waals surface area contributed by atoms with Crippen molar-refractivity contribution in [1.82, 2.24) is 5.32 Å². The Bertz CT molecular complexity index is 673. The molecule has 2 aromatic carbocycles. The van der Waals surface area contributed by atoms with Crippen molar-refractivity contribution in [2.75, 3.05) is 17.8 Å². The third kappa shape index (κ3) is 2.10. The molecule has 2 N–H and O–H groups in total. The maximum Gasteiger partial charge on any atom is 0.251 e. The van der Waals surface area contributed by atoms with Crippen LogP contribution in [0, 0.1) is 0 Å². The highest BCUT2D eigenvalue weighted by atomic mass is 32.2. The van der Waals surface area contributed by atoms with Gasteiger partial charge >= 0.3 is 0 Å². The molecule has 1 aliphatic rings. The lowest BCUT2D eigenvalue weighted by molar-refractivity contribution is 0.0963. The number of fused-ring (bicyclic) bond motifs is 1. The number of benzene rings is 2. The van der Waals surface area contributed by atoms with E-state index in [0.29, 0.717) is 5.56 Å². The zero-order chi connectivity index (χ0) is 14.1. The van der Waals surface area contributed by atoms with Gasteiger partial charge in [-0.3, -0.25) is 4.79 Å². The minimum absolute atomic E-state index is 0.0885. The standard InChI is InChI=1S/C15H14N2O2S/c1-16-15(19)10-6-7-12-14(8-10)20-9-17(12)11-4-2-3-5-13(11)18/h2-8,18H,9H2,1H3,(H,16,19). The molecule has 102 valence electrons. The summed E-state index contributed by atoms with van der Waals surface area (Å²) in [6.07, 6.45) is 0. The number of amides is 1. The summed E-state index contributed by atoms with van der Waals surface area (Å²) in [6, 6.07) is 12.9. The van der Waals surface area contributed by atoms with Crippen molar-refractivity contribution in [2.45, 2.75) is 4.90 Å². The average molecular weight is 286 g/mol. The molecule has 0 radical (unpaired) electrons. The largest absolute Gasteiger partial charge is 0.506 e.